The lowest BCUT2D eigenvalue weighted by atomic mass is 10.1. The summed E-state index contributed by atoms with van der Waals surface area (Å²) in [4.78, 5) is 58.2. The van der Waals surface area contributed by atoms with Crippen molar-refractivity contribution in [3.63, 3.8) is 0 Å². The first kappa shape index (κ1) is 27.7. The fourth-order valence-corrected chi connectivity index (χ4v) is 6.33. The Kier molecular flexibility index (Phi) is 11.3. The van der Waals surface area contributed by atoms with Crippen LogP contribution in [0.15, 0.2) is 0 Å². The maximum atomic E-state index is 12.6. The summed E-state index contributed by atoms with van der Waals surface area (Å²) in [7, 11) is 1.30. The van der Waals surface area contributed by atoms with E-state index in [1.54, 1.807) is 67.8 Å². The van der Waals surface area contributed by atoms with E-state index in [0.29, 0.717) is 0 Å². The molecule has 2 amide bonds. The molecule has 1 radical (unpaired) electrons. The Morgan fingerprint density at radius 1 is 1.03 bits per heavy atom. The minimum atomic E-state index is -1.90. The van der Waals surface area contributed by atoms with Crippen LogP contribution >= 0.6 is 67.8 Å². The van der Waals surface area contributed by atoms with Gasteiger partial charge in [0.15, 0.2) is 6.10 Å². The van der Waals surface area contributed by atoms with Gasteiger partial charge in [-0.1, -0.05) is 0 Å². The number of aliphatic hydroxyl groups excluding tert-OH is 1. The third kappa shape index (κ3) is 7.64. The topological polar surface area (TPSA) is 191 Å². The number of methoxy groups -OCH3 is 1. The molecule has 0 aliphatic heterocycles. The Labute approximate surface area is 215 Å². The van der Waals surface area contributed by atoms with Gasteiger partial charge in [0.05, 0.1) is 24.0 Å². The highest BCUT2D eigenvalue weighted by Gasteiger charge is 2.30. The molecule has 0 aliphatic carbocycles. The Morgan fingerprint density at radius 3 is 2.13 bits per heavy atom. The third-order valence-electron chi connectivity index (χ3n) is 3.30. The number of hydrogen-bond donors (Lipinski definition) is 4. The van der Waals surface area contributed by atoms with Crippen LogP contribution in [0.25, 0.3) is 0 Å². The monoisotopic (exact) mass is 775 g/mol. The Balaban J connectivity index is 3.22. The van der Waals surface area contributed by atoms with Gasteiger partial charge in [-0.05, 0) is 67.8 Å². The Morgan fingerprint density at radius 2 is 1.61 bits per heavy atom. The molecule has 1 rings (SSSR count). The molecule has 0 aliphatic rings. The maximum Gasteiger partial charge on any atom is 0.340 e. The first-order valence-corrected chi connectivity index (χ1v) is 11.2. The van der Waals surface area contributed by atoms with Crippen molar-refractivity contribution < 1.29 is 48.8 Å². The third-order valence-corrected chi connectivity index (χ3v) is 6.54. The van der Waals surface area contributed by atoms with Gasteiger partial charge >= 0.3 is 17.9 Å². The zero-order chi connectivity index (χ0) is 23.9. The number of rotatable bonds is 10. The lowest BCUT2D eigenvalue weighted by Gasteiger charge is -2.18. The van der Waals surface area contributed by atoms with Crippen molar-refractivity contribution in [2.75, 3.05) is 32.2 Å². The number of aliphatic hydroxyl groups is 1. The number of anilines is 1. The van der Waals surface area contributed by atoms with Crippen LogP contribution in [0.3, 0.4) is 0 Å². The summed E-state index contributed by atoms with van der Waals surface area (Å²) >= 11 is 5.09. The molecule has 1 aromatic carbocycles. The standard InChI is InChI=1S/C16H14I3N2O10/c1-30-4-6(23)21-13-11(18)8(15(27)28)10(17)9(12(13)19)16(29)31-3-5(22)14(26)20-2-7(24)25/h5,22H,2-4H2,1H3,(H,21,23)(H,24,25)(H,27,28). The van der Waals surface area contributed by atoms with Gasteiger partial charge in [0.25, 0.3) is 5.91 Å². The number of aromatic carboxylic acids is 1. The van der Waals surface area contributed by atoms with Crippen LogP contribution in [0.2, 0.25) is 0 Å². The molecule has 1 atom stereocenters. The van der Waals surface area contributed by atoms with Crippen molar-refractivity contribution >= 4 is 103 Å². The molecule has 15 heteroatoms. The average molecular weight is 775 g/mol. The summed E-state index contributed by atoms with van der Waals surface area (Å²) < 4.78 is 9.98. The molecule has 1 aromatic rings. The molecule has 4 N–H and O–H groups in total. The van der Waals surface area contributed by atoms with Gasteiger partial charge < -0.3 is 30.1 Å². The van der Waals surface area contributed by atoms with E-state index >= 15 is 0 Å². The number of hydrogen-bond acceptors (Lipinski definition) is 8. The fourth-order valence-electron chi connectivity index (χ4n) is 2.00. The lowest BCUT2D eigenvalue weighted by Crippen LogP contribution is -2.36. The minimum absolute atomic E-state index is 0.0185. The van der Waals surface area contributed by atoms with E-state index in [-0.39, 0.29) is 34.1 Å². The van der Waals surface area contributed by atoms with Crippen LogP contribution in [0, 0.1) is 10.7 Å². The van der Waals surface area contributed by atoms with Crippen LogP contribution < -0.4 is 10.6 Å². The number of benzene rings is 1. The van der Waals surface area contributed by atoms with Crippen LogP contribution in [0.1, 0.15) is 20.7 Å². The van der Waals surface area contributed by atoms with E-state index in [1.165, 1.54) is 7.11 Å². The molecule has 0 spiro atoms. The SMILES string of the molecule is COCC(=O)Nc1c(I)c(C(=O)O)c(I)c(C(=O)OCC(O)C(=O)[N]CC(=O)O)c1I. The number of carboxylic acid groups (broad SMARTS) is 2. The first-order valence-electron chi connectivity index (χ1n) is 7.93. The Bertz CT molecular complexity index is 922. The molecule has 31 heavy (non-hydrogen) atoms. The molecule has 0 bridgehead atoms. The quantitative estimate of drug-likeness (QED) is 0.193. The number of carbonyl (C=O) groups is 5. The summed E-state index contributed by atoms with van der Waals surface area (Å²) in [6.45, 7) is -2.01. The van der Waals surface area contributed by atoms with E-state index < -0.39 is 49.0 Å². The lowest BCUT2D eigenvalue weighted by molar-refractivity contribution is -0.140. The van der Waals surface area contributed by atoms with Gasteiger partial charge in [-0.2, -0.15) is 0 Å². The first-order chi connectivity index (χ1) is 14.4. The predicted octanol–water partition coefficient (Wildman–Crippen LogP) is 0.517. The number of halogens is 3. The van der Waals surface area contributed by atoms with E-state index in [2.05, 4.69) is 10.6 Å². The number of aliphatic carboxylic acids is 1. The molecule has 12 nitrogen and oxygen atoms in total. The number of ether oxygens (including phenoxy) is 2. The summed E-state index contributed by atoms with van der Waals surface area (Å²) in [5, 5.41) is 33.3. The van der Waals surface area contributed by atoms with Crippen LogP contribution in [0.4, 0.5) is 5.69 Å². The van der Waals surface area contributed by atoms with Crippen molar-refractivity contribution in [1.29, 1.82) is 0 Å². The number of nitrogens with zero attached hydrogens (tertiary/aromatic N) is 1. The van der Waals surface area contributed by atoms with Crippen LogP contribution in [0.5, 0.6) is 0 Å². The zero-order valence-corrected chi connectivity index (χ0v) is 22.0. The van der Waals surface area contributed by atoms with E-state index in [4.69, 9.17) is 14.6 Å². The molecular weight excluding hydrogens is 761 g/mol. The highest BCUT2D eigenvalue weighted by atomic mass is 127. The van der Waals surface area contributed by atoms with Crippen molar-refractivity contribution in [1.82, 2.24) is 5.32 Å². The van der Waals surface area contributed by atoms with Crippen molar-refractivity contribution in [2.24, 2.45) is 0 Å². The van der Waals surface area contributed by atoms with Crippen molar-refractivity contribution in [3.05, 3.63) is 21.8 Å². The van der Waals surface area contributed by atoms with Gasteiger partial charge in [-0.3, -0.25) is 14.4 Å². The van der Waals surface area contributed by atoms with Gasteiger partial charge in [-0.15, -0.1) is 0 Å². The number of carbonyl (C=O) groups excluding carboxylic acids is 3. The molecule has 0 saturated heterocycles. The van der Waals surface area contributed by atoms with Crippen LogP contribution in [-0.4, -0.2) is 78.0 Å². The molecule has 0 aromatic heterocycles. The van der Waals surface area contributed by atoms with Crippen molar-refractivity contribution in [3.8, 4) is 0 Å². The molecule has 1 unspecified atom stereocenters. The van der Waals surface area contributed by atoms with Crippen molar-refractivity contribution in [2.45, 2.75) is 6.10 Å². The largest absolute Gasteiger partial charge is 0.480 e. The van der Waals surface area contributed by atoms with Gasteiger partial charge in [0, 0.05) is 10.7 Å². The smallest absolute Gasteiger partial charge is 0.340 e. The second-order valence-electron chi connectivity index (χ2n) is 5.52. The van der Waals surface area contributed by atoms with Gasteiger partial charge in [0.2, 0.25) is 5.91 Å². The summed E-state index contributed by atoms with van der Waals surface area (Å²) in [6.07, 6.45) is -1.90. The van der Waals surface area contributed by atoms with Gasteiger partial charge in [-0.25, -0.2) is 14.9 Å². The summed E-state index contributed by atoms with van der Waals surface area (Å²) in [6, 6.07) is 0. The molecule has 169 valence electrons. The molecule has 0 heterocycles. The minimum Gasteiger partial charge on any atom is -0.480 e. The zero-order valence-electron chi connectivity index (χ0n) is 15.5. The second-order valence-corrected chi connectivity index (χ2v) is 8.75. The Hall–Kier alpha value is -1.32. The summed E-state index contributed by atoms with van der Waals surface area (Å²) in [5.74, 6) is -5.59. The van der Waals surface area contributed by atoms with E-state index in [1.807, 2.05) is 0 Å². The fraction of sp³-hybridized carbons (Fsp3) is 0.312. The highest BCUT2D eigenvalue weighted by Crippen LogP contribution is 2.36. The highest BCUT2D eigenvalue weighted by molar-refractivity contribution is 14.1. The van der Waals surface area contributed by atoms with E-state index in [0.717, 1.165) is 0 Å². The predicted molar refractivity (Wildman–Crippen MR) is 128 cm³/mol. The van der Waals surface area contributed by atoms with Crippen LogP contribution in [-0.2, 0) is 23.9 Å². The molecular formula is C16H14I3N2O10. The van der Waals surface area contributed by atoms with E-state index in [9.17, 15) is 34.2 Å². The second kappa shape index (κ2) is 12.6. The number of carboxylic acids is 2. The number of nitrogens with one attached hydrogen (secondary N) is 1. The summed E-state index contributed by atoms with van der Waals surface area (Å²) in [5.41, 5.74) is -0.399. The van der Waals surface area contributed by atoms with Gasteiger partial charge in [0.1, 0.15) is 19.8 Å². The average Bonchev–Trinajstić information content (AvgIpc) is 2.67. The normalized spacial score (nSPS) is 11.4. The number of esters is 1. The number of amides is 2. The molecule has 0 saturated carbocycles. The maximum absolute atomic E-state index is 12.6. The molecule has 0 fully saturated rings.